The molecule has 0 aliphatic carbocycles. The van der Waals surface area contributed by atoms with Gasteiger partial charge in [0.05, 0.1) is 34.4 Å². The Morgan fingerprint density at radius 3 is 2.50 bits per heavy atom. The number of carbonyl (C=O) groups is 2. The van der Waals surface area contributed by atoms with Gasteiger partial charge in [-0.1, -0.05) is 41.7 Å². The molecule has 7 nitrogen and oxygen atoms in total. The lowest BCUT2D eigenvalue weighted by Crippen LogP contribution is -2.37. The number of thioether (sulfide) groups is 1. The summed E-state index contributed by atoms with van der Waals surface area (Å²) in [6, 6.07) is 6.73. The molecule has 34 heavy (non-hydrogen) atoms. The lowest BCUT2D eigenvalue weighted by Gasteiger charge is -2.22. The molecule has 1 amide bonds. The summed E-state index contributed by atoms with van der Waals surface area (Å²) in [5, 5.41) is 1.12. The predicted molar refractivity (Wildman–Crippen MR) is 137 cm³/mol. The van der Waals surface area contributed by atoms with Gasteiger partial charge in [-0.05, 0) is 37.6 Å². The van der Waals surface area contributed by atoms with Crippen LogP contribution in [0.15, 0.2) is 53.7 Å². The minimum absolute atomic E-state index is 0.152. The molecule has 2 heterocycles. The van der Waals surface area contributed by atoms with Crippen molar-refractivity contribution in [2.75, 3.05) is 25.4 Å². The fraction of sp³-hybridized carbons (Fsp3) is 0.348. The topological polar surface area (TPSA) is 77.6 Å². The number of halogens is 3. The second kappa shape index (κ2) is 15.0. The van der Waals surface area contributed by atoms with Crippen molar-refractivity contribution in [3.63, 3.8) is 0 Å². The Morgan fingerprint density at radius 2 is 1.94 bits per heavy atom. The molecular formula is C23H26Cl3N3O4S. The van der Waals surface area contributed by atoms with Gasteiger partial charge in [-0.15, -0.1) is 11.8 Å². The van der Waals surface area contributed by atoms with Crippen LogP contribution in [-0.2, 0) is 10.5 Å². The van der Waals surface area contributed by atoms with Gasteiger partial charge in [0.2, 0.25) is 0 Å². The number of aromatic nitrogens is 2. The maximum Gasteiger partial charge on any atom is 0.329 e. The van der Waals surface area contributed by atoms with Crippen LogP contribution in [0.4, 0.5) is 4.79 Å². The van der Waals surface area contributed by atoms with Crippen LogP contribution in [-0.4, -0.2) is 51.7 Å². The first-order valence-corrected chi connectivity index (χ1v) is 12.7. The smallest absolute Gasteiger partial charge is 0.329 e. The van der Waals surface area contributed by atoms with E-state index < -0.39 is 0 Å². The van der Waals surface area contributed by atoms with Crippen molar-refractivity contribution in [2.45, 2.75) is 26.0 Å². The molecule has 0 saturated heterocycles. The summed E-state index contributed by atoms with van der Waals surface area (Å²) >= 11 is 19.6. The molecule has 0 unspecified atom stereocenters. The zero-order valence-electron chi connectivity index (χ0n) is 18.9. The zero-order valence-corrected chi connectivity index (χ0v) is 22.0. The van der Waals surface area contributed by atoms with Crippen molar-refractivity contribution < 1.29 is 18.7 Å². The fourth-order valence-electron chi connectivity index (χ4n) is 2.72. The van der Waals surface area contributed by atoms with E-state index in [4.69, 9.17) is 44.0 Å². The molecule has 0 N–H and O–H groups in total. The molecule has 3 aromatic rings. The maximum absolute atomic E-state index is 12.3. The molecule has 0 aliphatic rings. The number of carbonyl (C=O) groups excluding carboxylic acids is 2. The molecule has 0 spiro atoms. The quantitative estimate of drug-likeness (QED) is 0.281. The van der Waals surface area contributed by atoms with Crippen LogP contribution in [0, 0.1) is 0 Å². The molecule has 1 aromatic carbocycles. The molecule has 184 valence electrons. The van der Waals surface area contributed by atoms with Crippen molar-refractivity contribution in [3.05, 3.63) is 70.1 Å². The zero-order chi connectivity index (χ0) is 24.9. The Kier molecular flexibility index (Phi) is 12.4. The van der Waals surface area contributed by atoms with Crippen LogP contribution in [0.25, 0.3) is 0 Å². The van der Waals surface area contributed by atoms with Crippen LogP contribution in [0.1, 0.15) is 26.0 Å². The molecule has 0 atom stereocenters. The highest BCUT2D eigenvalue weighted by Gasteiger charge is 2.15. The SMILES string of the molecule is CC(=O)CSCc1ccco1.CCCN(CCOc1c(Cl)cc(Cl)cc1Cl)C(=O)n1ccnc1. The van der Waals surface area contributed by atoms with E-state index in [1.54, 1.807) is 54.4 Å². The van der Waals surface area contributed by atoms with E-state index in [0.29, 0.717) is 39.7 Å². The van der Waals surface area contributed by atoms with E-state index in [2.05, 4.69) is 4.98 Å². The standard InChI is InChI=1S/C15H16Cl3N3O2.C8H10O2S/c1-2-4-20(15(22)21-5-3-19-10-21)6-7-23-14-12(17)8-11(16)9-13(14)18;1-7(9)5-11-6-8-3-2-4-10-8/h3,5,8-10H,2,4,6-7H2,1H3;2-4H,5-6H2,1H3. The highest BCUT2D eigenvalue weighted by atomic mass is 35.5. The minimum atomic E-state index is -0.152. The highest BCUT2D eigenvalue weighted by Crippen LogP contribution is 2.35. The molecule has 2 aromatic heterocycles. The van der Waals surface area contributed by atoms with Crippen LogP contribution in [0.2, 0.25) is 15.1 Å². The molecule has 3 rings (SSSR count). The van der Waals surface area contributed by atoms with Crippen molar-refractivity contribution >= 4 is 58.4 Å². The van der Waals surface area contributed by atoms with E-state index in [-0.39, 0.29) is 18.4 Å². The lowest BCUT2D eigenvalue weighted by molar-refractivity contribution is -0.114. The second-order valence-electron chi connectivity index (χ2n) is 7.06. The number of hydrogen-bond donors (Lipinski definition) is 0. The Bertz CT molecular complexity index is 1010. The number of furan rings is 1. The fourth-order valence-corrected chi connectivity index (χ4v) is 4.40. The van der Waals surface area contributed by atoms with Crippen LogP contribution in [0.3, 0.4) is 0 Å². The molecule has 11 heteroatoms. The van der Waals surface area contributed by atoms with Gasteiger partial charge < -0.3 is 14.1 Å². The summed E-state index contributed by atoms with van der Waals surface area (Å²) in [7, 11) is 0. The summed E-state index contributed by atoms with van der Waals surface area (Å²) in [6.07, 6.45) is 7.12. The van der Waals surface area contributed by atoms with Gasteiger partial charge in [0.15, 0.2) is 5.75 Å². The number of Topliss-reactive ketones (excluding diaryl/α,β-unsaturated/α-hetero) is 1. The van der Waals surface area contributed by atoms with E-state index in [9.17, 15) is 9.59 Å². The number of imidazole rings is 1. The Morgan fingerprint density at radius 1 is 1.21 bits per heavy atom. The third kappa shape index (κ3) is 9.62. The number of hydrogen-bond acceptors (Lipinski definition) is 6. The van der Waals surface area contributed by atoms with Crippen molar-refractivity contribution in [3.8, 4) is 5.75 Å². The van der Waals surface area contributed by atoms with Crippen molar-refractivity contribution in [2.24, 2.45) is 0 Å². The van der Waals surface area contributed by atoms with Crippen molar-refractivity contribution in [1.29, 1.82) is 0 Å². The van der Waals surface area contributed by atoms with Gasteiger partial charge in [-0.3, -0.25) is 9.36 Å². The summed E-state index contributed by atoms with van der Waals surface area (Å²) < 4.78 is 12.1. The number of nitrogens with zero attached hydrogens (tertiary/aromatic N) is 3. The Hall–Kier alpha value is -2.13. The Labute approximate surface area is 218 Å². The average Bonchev–Trinajstić information content (AvgIpc) is 3.49. The van der Waals surface area contributed by atoms with E-state index in [1.165, 1.54) is 10.9 Å². The third-order valence-corrected chi connectivity index (χ3v) is 6.07. The summed E-state index contributed by atoms with van der Waals surface area (Å²) in [6.45, 7) is 4.88. The van der Waals surface area contributed by atoms with Gasteiger partial charge in [0.25, 0.3) is 0 Å². The Balaban J connectivity index is 0.000000310. The van der Waals surface area contributed by atoms with Gasteiger partial charge in [0.1, 0.15) is 24.5 Å². The first-order chi connectivity index (χ1) is 16.3. The third-order valence-electron chi connectivity index (χ3n) is 4.19. The maximum atomic E-state index is 12.3. The number of rotatable bonds is 10. The first kappa shape index (κ1) is 28.1. The number of ether oxygens (including phenoxy) is 1. The number of amides is 1. The van der Waals surface area contributed by atoms with Gasteiger partial charge >= 0.3 is 6.03 Å². The second-order valence-corrected chi connectivity index (χ2v) is 9.30. The minimum Gasteiger partial charge on any atom is -0.489 e. The lowest BCUT2D eigenvalue weighted by atomic mass is 10.3. The molecule has 0 fully saturated rings. The highest BCUT2D eigenvalue weighted by molar-refractivity contribution is 7.99. The summed E-state index contributed by atoms with van der Waals surface area (Å²) in [4.78, 5) is 28.4. The van der Waals surface area contributed by atoms with Gasteiger partial charge in [-0.2, -0.15) is 0 Å². The monoisotopic (exact) mass is 545 g/mol. The molecular weight excluding hydrogens is 521 g/mol. The molecule has 0 radical (unpaired) electrons. The average molecular weight is 547 g/mol. The van der Waals surface area contributed by atoms with Gasteiger partial charge in [-0.25, -0.2) is 9.78 Å². The summed E-state index contributed by atoms with van der Waals surface area (Å²) in [5.41, 5.74) is 0. The first-order valence-electron chi connectivity index (χ1n) is 10.5. The van der Waals surface area contributed by atoms with E-state index in [1.807, 2.05) is 19.1 Å². The summed E-state index contributed by atoms with van der Waals surface area (Å²) in [5.74, 6) is 2.86. The molecule has 0 saturated carbocycles. The number of benzene rings is 1. The van der Waals surface area contributed by atoms with E-state index >= 15 is 0 Å². The van der Waals surface area contributed by atoms with Crippen LogP contribution < -0.4 is 4.74 Å². The number of ketones is 1. The largest absolute Gasteiger partial charge is 0.489 e. The van der Waals surface area contributed by atoms with Crippen LogP contribution in [0.5, 0.6) is 5.75 Å². The normalized spacial score (nSPS) is 10.4. The van der Waals surface area contributed by atoms with Crippen LogP contribution >= 0.6 is 46.6 Å². The molecule has 0 bridgehead atoms. The van der Waals surface area contributed by atoms with Crippen molar-refractivity contribution in [1.82, 2.24) is 14.5 Å². The van der Waals surface area contributed by atoms with Gasteiger partial charge in [0, 0.05) is 24.0 Å². The van der Waals surface area contributed by atoms with E-state index in [0.717, 1.165) is 17.9 Å². The predicted octanol–water partition coefficient (Wildman–Crippen LogP) is 6.70. The molecule has 0 aliphatic heterocycles.